The third-order valence-corrected chi connectivity index (χ3v) is 3.02. The Hall–Kier alpha value is -1.21. The molecule has 0 fully saturated rings. The summed E-state index contributed by atoms with van der Waals surface area (Å²) in [5, 5.41) is 2.63. The number of amides is 2. The Morgan fingerprint density at radius 2 is 2.00 bits per heavy atom. The summed E-state index contributed by atoms with van der Waals surface area (Å²) in [4.78, 5) is 24.9. The van der Waals surface area contributed by atoms with Crippen LogP contribution in [0.5, 0.6) is 0 Å². The van der Waals surface area contributed by atoms with E-state index < -0.39 is 5.41 Å². The Kier molecular flexibility index (Phi) is 6.79. The average molecular weight is 275 g/mol. The molecule has 0 aliphatic heterocycles. The fourth-order valence-corrected chi connectivity index (χ4v) is 1.31. The number of ether oxygens (including phenoxy) is 1. The van der Waals surface area contributed by atoms with Crippen LogP contribution < -0.4 is 11.1 Å². The van der Waals surface area contributed by atoms with Crippen molar-refractivity contribution in [3.8, 4) is 0 Å². The number of hydrogen-bond donors (Lipinski definition) is 2. The maximum absolute atomic E-state index is 12.0. The first-order valence-corrected chi connectivity index (χ1v) is 5.95. The number of carbonyl (C=O) groups excluding carboxylic acids is 2. The molecule has 0 spiro atoms. The van der Waals surface area contributed by atoms with E-state index in [2.05, 4.69) is 5.32 Å². The van der Waals surface area contributed by atoms with Crippen LogP contribution >= 0.6 is 12.2 Å². The smallest absolute Gasteiger partial charge is 0.239 e. The zero-order valence-electron chi connectivity index (χ0n) is 11.3. The van der Waals surface area contributed by atoms with E-state index in [1.807, 2.05) is 0 Å². The van der Waals surface area contributed by atoms with Crippen LogP contribution in [-0.2, 0) is 14.3 Å². The van der Waals surface area contributed by atoms with Gasteiger partial charge in [0, 0.05) is 20.7 Å². The van der Waals surface area contributed by atoms with E-state index in [9.17, 15) is 9.59 Å². The summed E-state index contributed by atoms with van der Waals surface area (Å²) in [6.07, 6.45) is 0. The molecule has 0 saturated carbocycles. The highest BCUT2D eigenvalue weighted by atomic mass is 32.1. The SMILES string of the molecule is COCCNC(=O)CN(C)C(=O)C(C)(C)C(N)=S. The maximum atomic E-state index is 12.0. The number of likely N-dealkylation sites (N-methyl/N-ethyl adjacent to an activating group) is 1. The number of thiocarbonyl (C=S) groups is 1. The maximum Gasteiger partial charge on any atom is 0.239 e. The first-order valence-electron chi connectivity index (χ1n) is 5.54. The summed E-state index contributed by atoms with van der Waals surface area (Å²) in [5.74, 6) is -0.529. The highest BCUT2D eigenvalue weighted by molar-refractivity contribution is 7.80. The second-order valence-corrected chi connectivity index (χ2v) is 4.93. The van der Waals surface area contributed by atoms with Crippen LogP contribution in [0.4, 0.5) is 0 Å². The van der Waals surface area contributed by atoms with Crippen LogP contribution in [0.3, 0.4) is 0 Å². The molecule has 0 aromatic rings. The van der Waals surface area contributed by atoms with Crippen molar-refractivity contribution in [2.45, 2.75) is 13.8 Å². The molecular formula is C11H21N3O3S. The van der Waals surface area contributed by atoms with Crippen molar-refractivity contribution in [1.29, 1.82) is 0 Å². The highest BCUT2D eigenvalue weighted by Gasteiger charge is 2.33. The summed E-state index contributed by atoms with van der Waals surface area (Å²) >= 11 is 4.84. The number of nitrogens with two attached hydrogens (primary N) is 1. The minimum atomic E-state index is -0.948. The Bertz CT molecular complexity index is 331. The molecule has 0 radical (unpaired) electrons. The molecule has 0 aliphatic rings. The Morgan fingerprint density at radius 3 is 2.44 bits per heavy atom. The van der Waals surface area contributed by atoms with E-state index in [1.165, 1.54) is 11.9 Å². The van der Waals surface area contributed by atoms with Crippen molar-refractivity contribution in [1.82, 2.24) is 10.2 Å². The van der Waals surface area contributed by atoms with E-state index in [-0.39, 0.29) is 23.3 Å². The summed E-state index contributed by atoms with van der Waals surface area (Å²) in [6.45, 7) is 4.08. The van der Waals surface area contributed by atoms with Crippen LogP contribution in [0.25, 0.3) is 0 Å². The fourth-order valence-electron chi connectivity index (χ4n) is 1.22. The van der Waals surface area contributed by atoms with Gasteiger partial charge in [0.25, 0.3) is 0 Å². The molecule has 0 saturated heterocycles. The molecule has 0 unspecified atom stereocenters. The lowest BCUT2D eigenvalue weighted by Gasteiger charge is -2.27. The molecule has 0 rings (SSSR count). The predicted octanol–water partition coefficient (Wildman–Crippen LogP) is -0.480. The molecule has 0 bridgehead atoms. The van der Waals surface area contributed by atoms with Gasteiger partial charge in [-0.3, -0.25) is 9.59 Å². The number of nitrogens with one attached hydrogen (secondary N) is 1. The lowest BCUT2D eigenvalue weighted by atomic mass is 9.92. The number of methoxy groups -OCH3 is 1. The van der Waals surface area contributed by atoms with Crippen LogP contribution in [0.15, 0.2) is 0 Å². The molecule has 0 aliphatic carbocycles. The largest absolute Gasteiger partial charge is 0.392 e. The van der Waals surface area contributed by atoms with Crippen molar-refractivity contribution in [3.63, 3.8) is 0 Å². The fraction of sp³-hybridized carbons (Fsp3) is 0.727. The van der Waals surface area contributed by atoms with Gasteiger partial charge in [0.15, 0.2) is 0 Å². The number of nitrogens with zero attached hydrogens (tertiary/aromatic N) is 1. The summed E-state index contributed by atoms with van der Waals surface area (Å²) in [7, 11) is 3.09. The molecule has 0 aromatic heterocycles. The van der Waals surface area contributed by atoms with Crippen molar-refractivity contribution in [2.75, 3.05) is 33.9 Å². The van der Waals surface area contributed by atoms with Gasteiger partial charge in [0.1, 0.15) is 0 Å². The molecule has 6 nitrogen and oxygen atoms in total. The monoisotopic (exact) mass is 275 g/mol. The minimum Gasteiger partial charge on any atom is -0.392 e. The molecular weight excluding hydrogens is 254 g/mol. The lowest BCUT2D eigenvalue weighted by Crippen LogP contribution is -2.48. The molecule has 0 aromatic carbocycles. The van der Waals surface area contributed by atoms with Crippen LogP contribution in [0, 0.1) is 5.41 Å². The van der Waals surface area contributed by atoms with Crippen molar-refractivity contribution in [3.05, 3.63) is 0 Å². The zero-order valence-corrected chi connectivity index (χ0v) is 12.1. The quantitative estimate of drug-likeness (QED) is 0.484. The second kappa shape index (κ2) is 7.27. The lowest BCUT2D eigenvalue weighted by molar-refractivity contribution is -0.139. The Balaban J connectivity index is 4.32. The molecule has 3 N–H and O–H groups in total. The summed E-state index contributed by atoms with van der Waals surface area (Å²) < 4.78 is 4.80. The molecule has 2 amide bonds. The average Bonchev–Trinajstić information content (AvgIpc) is 2.27. The predicted molar refractivity (Wildman–Crippen MR) is 73.1 cm³/mol. The Labute approximate surface area is 113 Å². The zero-order chi connectivity index (χ0) is 14.3. The minimum absolute atomic E-state index is 0.0331. The van der Waals surface area contributed by atoms with E-state index in [1.54, 1.807) is 21.0 Å². The molecule has 0 atom stereocenters. The standard InChI is InChI=1S/C11H21N3O3S/c1-11(2,9(12)18)10(16)14(3)7-8(15)13-5-6-17-4/h5-7H2,1-4H3,(H2,12,18)(H,13,15). The van der Waals surface area contributed by atoms with Gasteiger partial charge in [-0.2, -0.15) is 0 Å². The van der Waals surface area contributed by atoms with Crippen molar-refractivity contribution < 1.29 is 14.3 Å². The van der Waals surface area contributed by atoms with E-state index in [0.29, 0.717) is 13.2 Å². The van der Waals surface area contributed by atoms with E-state index >= 15 is 0 Å². The Morgan fingerprint density at radius 1 is 1.44 bits per heavy atom. The summed E-state index contributed by atoms with van der Waals surface area (Å²) in [6, 6.07) is 0. The van der Waals surface area contributed by atoms with Crippen LogP contribution in [0.1, 0.15) is 13.8 Å². The second-order valence-electron chi connectivity index (χ2n) is 4.49. The van der Waals surface area contributed by atoms with Crippen LogP contribution in [-0.4, -0.2) is 55.6 Å². The molecule has 7 heteroatoms. The van der Waals surface area contributed by atoms with Gasteiger partial charge in [-0.1, -0.05) is 12.2 Å². The van der Waals surface area contributed by atoms with Gasteiger partial charge in [-0.05, 0) is 13.8 Å². The van der Waals surface area contributed by atoms with Gasteiger partial charge in [0.05, 0.1) is 23.6 Å². The van der Waals surface area contributed by atoms with E-state index in [4.69, 9.17) is 22.7 Å². The number of hydrogen-bond acceptors (Lipinski definition) is 4. The molecule has 104 valence electrons. The van der Waals surface area contributed by atoms with Gasteiger partial charge in [-0.15, -0.1) is 0 Å². The van der Waals surface area contributed by atoms with E-state index in [0.717, 1.165) is 0 Å². The van der Waals surface area contributed by atoms with Gasteiger partial charge in [0.2, 0.25) is 11.8 Å². The first-order chi connectivity index (χ1) is 8.23. The normalized spacial score (nSPS) is 10.9. The number of carbonyl (C=O) groups is 2. The van der Waals surface area contributed by atoms with Crippen molar-refractivity contribution in [2.24, 2.45) is 11.1 Å². The third kappa shape index (κ3) is 4.97. The third-order valence-electron chi connectivity index (χ3n) is 2.51. The van der Waals surface area contributed by atoms with Gasteiger partial charge < -0.3 is 20.7 Å². The topological polar surface area (TPSA) is 84.7 Å². The molecule has 0 heterocycles. The van der Waals surface area contributed by atoms with Gasteiger partial charge in [-0.25, -0.2) is 0 Å². The van der Waals surface area contributed by atoms with Crippen LogP contribution in [0.2, 0.25) is 0 Å². The van der Waals surface area contributed by atoms with Crippen molar-refractivity contribution >= 4 is 29.0 Å². The highest BCUT2D eigenvalue weighted by Crippen LogP contribution is 2.18. The summed E-state index contributed by atoms with van der Waals surface area (Å²) in [5.41, 5.74) is 4.56. The van der Waals surface area contributed by atoms with Gasteiger partial charge >= 0.3 is 0 Å². The molecule has 18 heavy (non-hydrogen) atoms. The number of rotatable bonds is 7. The first kappa shape index (κ1) is 16.8.